The van der Waals surface area contributed by atoms with Gasteiger partial charge in [-0.15, -0.1) is 0 Å². The summed E-state index contributed by atoms with van der Waals surface area (Å²) in [5, 5.41) is 3.54. The molecule has 6 nitrogen and oxygen atoms in total. The van der Waals surface area contributed by atoms with E-state index in [1.165, 1.54) is 0 Å². The van der Waals surface area contributed by atoms with Crippen molar-refractivity contribution in [3.05, 3.63) is 28.2 Å². The number of rotatable bonds is 3. The summed E-state index contributed by atoms with van der Waals surface area (Å²) in [7, 11) is 0. The van der Waals surface area contributed by atoms with Crippen LogP contribution in [0.15, 0.2) is 18.2 Å². The molecule has 2 amide bonds. The molecule has 0 radical (unpaired) electrons. The van der Waals surface area contributed by atoms with Crippen LogP contribution < -0.4 is 5.32 Å². The van der Waals surface area contributed by atoms with Crippen molar-refractivity contribution in [2.24, 2.45) is 0 Å². The van der Waals surface area contributed by atoms with Crippen molar-refractivity contribution in [2.75, 3.05) is 38.0 Å². The molecule has 1 aromatic rings. The number of benzene rings is 1. The number of nitrogens with one attached hydrogen (secondary N) is 1. The molecule has 1 aliphatic heterocycles. The lowest BCUT2D eigenvalue weighted by Gasteiger charge is -2.35. The molecule has 1 saturated heterocycles. The van der Waals surface area contributed by atoms with Crippen molar-refractivity contribution in [2.45, 2.75) is 26.4 Å². The number of hydrogen-bond acceptors (Lipinski definition) is 4. The minimum Gasteiger partial charge on any atom is -0.444 e. The van der Waals surface area contributed by atoms with Crippen molar-refractivity contribution in [3.63, 3.8) is 0 Å². The van der Waals surface area contributed by atoms with Gasteiger partial charge in [0.1, 0.15) is 5.60 Å². The number of halogens is 2. The number of carbonyl (C=O) groups excluding carboxylic acids is 2. The zero-order valence-electron chi connectivity index (χ0n) is 14.6. The molecule has 2 rings (SSSR count). The van der Waals surface area contributed by atoms with Crippen LogP contribution in [-0.4, -0.2) is 60.1 Å². The van der Waals surface area contributed by atoms with E-state index in [0.717, 1.165) is 0 Å². The smallest absolute Gasteiger partial charge is 0.410 e. The van der Waals surface area contributed by atoms with Gasteiger partial charge in [0.25, 0.3) is 0 Å². The Morgan fingerprint density at radius 1 is 1.12 bits per heavy atom. The average molecular weight is 388 g/mol. The summed E-state index contributed by atoms with van der Waals surface area (Å²) in [6.07, 6.45) is -0.320. The molecular formula is C17H23Cl2N3O3. The second-order valence-electron chi connectivity index (χ2n) is 6.89. The van der Waals surface area contributed by atoms with E-state index in [9.17, 15) is 9.59 Å². The number of piperazine rings is 1. The van der Waals surface area contributed by atoms with E-state index in [1.807, 2.05) is 25.7 Å². The van der Waals surface area contributed by atoms with Gasteiger partial charge in [-0.2, -0.15) is 0 Å². The van der Waals surface area contributed by atoms with Gasteiger partial charge in [0.2, 0.25) is 5.91 Å². The Hall–Kier alpha value is -1.50. The van der Waals surface area contributed by atoms with E-state index < -0.39 is 5.60 Å². The van der Waals surface area contributed by atoms with E-state index in [2.05, 4.69) is 5.32 Å². The first-order valence-corrected chi connectivity index (χ1v) is 8.85. The van der Waals surface area contributed by atoms with Gasteiger partial charge in [-0.1, -0.05) is 29.3 Å². The van der Waals surface area contributed by atoms with Crippen LogP contribution in [0.4, 0.5) is 10.5 Å². The van der Waals surface area contributed by atoms with E-state index >= 15 is 0 Å². The third kappa shape index (κ3) is 6.06. The van der Waals surface area contributed by atoms with Crippen LogP contribution >= 0.6 is 23.2 Å². The molecule has 0 atom stereocenters. The Bertz CT molecular complexity index is 618. The van der Waals surface area contributed by atoms with Gasteiger partial charge >= 0.3 is 6.09 Å². The van der Waals surface area contributed by atoms with E-state index in [0.29, 0.717) is 41.9 Å². The lowest BCUT2D eigenvalue weighted by atomic mass is 10.2. The maximum atomic E-state index is 12.2. The Balaban J connectivity index is 1.82. The molecule has 138 valence electrons. The fraction of sp³-hybridized carbons (Fsp3) is 0.529. The number of anilines is 1. The van der Waals surface area contributed by atoms with Crippen LogP contribution in [0, 0.1) is 0 Å². The largest absolute Gasteiger partial charge is 0.444 e. The number of carbonyl (C=O) groups is 2. The predicted molar refractivity (Wildman–Crippen MR) is 99.3 cm³/mol. The monoisotopic (exact) mass is 387 g/mol. The lowest BCUT2D eigenvalue weighted by Crippen LogP contribution is -2.51. The molecule has 0 aliphatic carbocycles. The highest BCUT2D eigenvalue weighted by Gasteiger charge is 2.26. The van der Waals surface area contributed by atoms with E-state index in [-0.39, 0.29) is 18.5 Å². The Labute approximate surface area is 158 Å². The van der Waals surface area contributed by atoms with Gasteiger partial charge in [0, 0.05) is 26.2 Å². The molecule has 0 bridgehead atoms. The Morgan fingerprint density at radius 3 is 2.20 bits per heavy atom. The van der Waals surface area contributed by atoms with Crippen molar-refractivity contribution >= 4 is 40.9 Å². The minimum absolute atomic E-state index is 0.194. The van der Waals surface area contributed by atoms with Gasteiger partial charge < -0.3 is 15.0 Å². The van der Waals surface area contributed by atoms with Crippen LogP contribution in [0.2, 0.25) is 10.0 Å². The van der Waals surface area contributed by atoms with Crippen molar-refractivity contribution in [1.29, 1.82) is 0 Å². The second-order valence-corrected chi connectivity index (χ2v) is 7.70. The van der Waals surface area contributed by atoms with Crippen molar-refractivity contribution in [3.8, 4) is 0 Å². The van der Waals surface area contributed by atoms with Crippen LogP contribution in [0.3, 0.4) is 0 Å². The molecular weight excluding hydrogens is 365 g/mol. The second kappa shape index (κ2) is 8.25. The zero-order valence-corrected chi connectivity index (χ0v) is 16.2. The zero-order chi connectivity index (χ0) is 18.6. The molecule has 1 aromatic carbocycles. The number of amides is 2. The summed E-state index contributed by atoms with van der Waals surface area (Å²) in [5.74, 6) is -0.194. The van der Waals surface area contributed by atoms with Crippen LogP contribution in [-0.2, 0) is 9.53 Å². The number of nitrogens with zero attached hydrogens (tertiary/aromatic N) is 2. The maximum absolute atomic E-state index is 12.2. The number of para-hydroxylation sites is 1. The van der Waals surface area contributed by atoms with Crippen molar-refractivity contribution in [1.82, 2.24) is 9.80 Å². The van der Waals surface area contributed by atoms with Crippen molar-refractivity contribution < 1.29 is 14.3 Å². The first kappa shape index (κ1) is 19.8. The standard InChI is InChI=1S/C17H23Cl2N3O3/c1-17(2,3)25-16(24)22-9-7-21(8-10-22)11-14(23)20-15-12(18)5-4-6-13(15)19/h4-6H,7-11H2,1-3H3,(H,20,23). The maximum Gasteiger partial charge on any atom is 0.410 e. The molecule has 25 heavy (non-hydrogen) atoms. The summed E-state index contributed by atoms with van der Waals surface area (Å²) in [5.41, 5.74) is -0.0919. The summed E-state index contributed by atoms with van der Waals surface area (Å²) in [6, 6.07) is 5.06. The third-order valence-corrected chi connectivity index (χ3v) is 4.25. The molecule has 0 aromatic heterocycles. The van der Waals surface area contributed by atoms with Gasteiger partial charge in [0.15, 0.2) is 0 Å². The Morgan fingerprint density at radius 2 is 1.68 bits per heavy atom. The van der Waals surface area contributed by atoms with E-state index in [1.54, 1.807) is 23.1 Å². The third-order valence-electron chi connectivity index (χ3n) is 3.62. The predicted octanol–water partition coefficient (Wildman–Crippen LogP) is 3.48. The molecule has 0 spiro atoms. The average Bonchev–Trinajstić information content (AvgIpc) is 2.50. The highest BCUT2D eigenvalue weighted by molar-refractivity contribution is 6.39. The number of ether oxygens (including phenoxy) is 1. The summed E-state index contributed by atoms with van der Waals surface area (Å²) < 4.78 is 5.36. The summed E-state index contributed by atoms with van der Waals surface area (Å²) >= 11 is 12.1. The normalized spacial score (nSPS) is 15.8. The summed E-state index contributed by atoms with van der Waals surface area (Å²) in [4.78, 5) is 27.9. The van der Waals surface area contributed by atoms with Gasteiger partial charge in [0.05, 0.1) is 22.3 Å². The van der Waals surface area contributed by atoms with Gasteiger partial charge in [-0.05, 0) is 32.9 Å². The van der Waals surface area contributed by atoms with Gasteiger partial charge in [-0.25, -0.2) is 4.79 Å². The lowest BCUT2D eigenvalue weighted by molar-refractivity contribution is -0.117. The summed E-state index contributed by atoms with van der Waals surface area (Å²) in [6.45, 7) is 7.97. The fourth-order valence-corrected chi connectivity index (χ4v) is 2.91. The Kier molecular flexibility index (Phi) is 6.54. The van der Waals surface area contributed by atoms with E-state index in [4.69, 9.17) is 27.9 Å². The molecule has 8 heteroatoms. The topological polar surface area (TPSA) is 61.9 Å². The van der Waals surface area contributed by atoms with Gasteiger partial charge in [-0.3, -0.25) is 9.69 Å². The SMILES string of the molecule is CC(C)(C)OC(=O)N1CCN(CC(=O)Nc2c(Cl)cccc2Cl)CC1. The fourth-order valence-electron chi connectivity index (χ4n) is 2.41. The highest BCUT2D eigenvalue weighted by atomic mass is 35.5. The molecule has 1 heterocycles. The molecule has 1 N–H and O–H groups in total. The minimum atomic E-state index is -0.512. The molecule has 1 aliphatic rings. The molecule has 0 unspecified atom stereocenters. The molecule has 0 saturated carbocycles. The van der Waals surface area contributed by atoms with Crippen LogP contribution in [0.25, 0.3) is 0 Å². The van der Waals surface area contributed by atoms with Crippen LogP contribution in [0.1, 0.15) is 20.8 Å². The first-order valence-electron chi connectivity index (χ1n) is 8.10. The molecule has 1 fully saturated rings. The van der Waals surface area contributed by atoms with Crippen LogP contribution in [0.5, 0.6) is 0 Å². The first-order chi connectivity index (χ1) is 11.7. The number of hydrogen-bond donors (Lipinski definition) is 1. The quantitative estimate of drug-likeness (QED) is 0.861. The highest BCUT2D eigenvalue weighted by Crippen LogP contribution is 2.29.